The number of imidazole rings is 1. The van der Waals surface area contributed by atoms with Gasteiger partial charge < -0.3 is 14.8 Å². The van der Waals surface area contributed by atoms with Crippen LogP contribution in [-0.2, 0) is 17.9 Å². The molecular weight excluding hydrogens is 420 g/mol. The lowest BCUT2D eigenvalue weighted by Gasteiger charge is -2.28. The fourth-order valence-corrected chi connectivity index (χ4v) is 5.49. The Morgan fingerprint density at radius 3 is 2.69 bits per heavy atom. The highest BCUT2D eigenvalue weighted by molar-refractivity contribution is 7.17. The van der Waals surface area contributed by atoms with E-state index in [4.69, 9.17) is 4.98 Å². The van der Waals surface area contributed by atoms with Gasteiger partial charge in [0.15, 0.2) is 5.78 Å². The van der Waals surface area contributed by atoms with Crippen LogP contribution in [0.15, 0.2) is 29.6 Å². The van der Waals surface area contributed by atoms with E-state index in [2.05, 4.69) is 39.3 Å². The molecule has 3 aromatic rings. The third kappa shape index (κ3) is 4.24. The molecular formula is C25H32N4O2S. The van der Waals surface area contributed by atoms with Gasteiger partial charge in [-0.05, 0) is 31.5 Å². The number of ketones is 1. The number of nitrogens with zero attached hydrogens (tertiary/aromatic N) is 3. The summed E-state index contributed by atoms with van der Waals surface area (Å²) in [6.45, 7) is 8.50. The third-order valence-electron chi connectivity index (χ3n) is 6.40. The number of aromatic nitrogens is 2. The molecule has 0 aliphatic carbocycles. The normalized spacial score (nSPS) is 15.9. The first-order valence-electron chi connectivity index (χ1n) is 11.2. The predicted molar refractivity (Wildman–Crippen MR) is 130 cm³/mol. The Kier molecular flexibility index (Phi) is 6.23. The lowest BCUT2D eigenvalue weighted by atomic mass is 9.77. The van der Waals surface area contributed by atoms with E-state index in [9.17, 15) is 9.59 Å². The van der Waals surface area contributed by atoms with Crippen LogP contribution in [0.1, 0.15) is 49.8 Å². The summed E-state index contributed by atoms with van der Waals surface area (Å²) in [6, 6.07) is 8.33. The van der Waals surface area contributed by atoms with Gasteiger partial charge in [0.1, 0.15) is 11.5 Å². The predicted octanol–water partition coefficient (Wildman–Crippen LogP) is 4.58. The molecule has 6 nitrogen and oxygen atoms in total. The average molecular weight is 453 g/mol. The monoisotopic (exact) mass is 452 g/mol. The summed E-state index contributed by atoms with van der Waals surface area (Å²) in [7, 11) is 3.71. The van der Waals surface area contributed by atoms with Crippen molar-refractivity contribution in [3.8, 4) is 11.4 Å². The summed E-state index contributed by atoms with van der Waals surface area (Å²) in [5.74, 6) is 0.297. The second kappa shape index (κ2) is 8.79. The van der Waals surface area contributed by atoms with Crippen molar-refractivity contribution in [3.05, 3.63) is 41.0 Å². The lowest BCUT2D eigenvalue weighted by Crippen LogP contribution is -2.37. The number of Topliss-reactive ketones (excluding diaryl/α,β-unsaturated/α-hetero) is 1. The number of hydrogen-bond donors (Lipinski definition) is 1. The molecule has 1 N–H and O–H groups in total. The first-order chi connectivity index (χ1) is 15.2. The standard InChI is InChI=1S/C25H32N4O2S/c1-25(2,3)18(24(31)26-4)13-20(30)22-19-14-28(5)11-8-12-29(19)23(27-22)17-15-32-21-10-7-6-9-16(17)21/h6-7,9-10,15,18H,8,11-14H2,1-5H3,(H,26,31)/t18-/m1/s1. The first kappa shape index (κ1) is 22.7. The SMILES string of the molecule is CNC(=O)[C@@H](CC(=O)c1nc(-c2csc3ccccc23)n2c1CN(C)CCC2)C(C)(C)C. The van der Waals surface area contributed by atoms with Crippen LogP contribution in [0.3, 0.4) is 0 Å². The summed E-state index contributed by atoms with van der Waals surface area (Å²) in [5, 5.41) is 6.04. The van der Waals surface area contributed by atoms with E-state index in [1.165, 1.54) is 10.1 Å². The molecule has 3 heterocycles. The van der Waals surface area contributed by atoms with Crippen molar-refractivity contribution in [2.45, 2.75) is 46.7 Å². The van der Waals surface area contributed by atoms with Gasteiger partial charge in [0.2, 0.25) is 5.91 Å². The number of fused-ring (bicyclic) bond motifs is 2. The molecule has 1 aromatic carbocycles. The maximum absolute atomic E-state index is 13.6. The number of rotatable bonds is 5. The van der Waals surface area contributed by atoms with E-state index in [1.54, 1.807) is 18.4 Å². The topological polar surface area (TPSA) is 67.2 Å². The molecule has 1 aliphatic heterocycles. The Labute approximate surface area is 193 Å². The summed E-state index contributed by atoms with van der Waals surface area (Å²) >= 11 is 1.70. The van der Waals surface area contributed by atoms with Gasteiger partial charge in [-0.2, -0.15) is 0 Å². The largest absolute Gasteiger partial charge is 0.359 e. The third-order valence-corrected chi connectivity index (χ3v) is 7.36. The van der Waals surface area contributed by atoms with Crippen LogP contribution >= 0.6 is 11.3 Å². The minimum atomic E-state index is -0.411. The van der Waals surface area contributed by atoms with Crippen molar-refractivity contribution in [1.82, 2.24) is 19.8 Å². The number of carbonyl (C=O) groups excluding carboxylic acids is 2. The van der Waals surface area contributed by atoms with Crippen molar-refractivity contribution in [1.29, 1.82) is 0 Å². The van der Waals surface area contributed by atoms with E-state index in [0.717, 1.165) is 36.6 Å². The van der Waals surface area contributed by atoms with Gasteiger partial charge in [0.05, 0.1) is 11.6 Å². The highest BCUT2D eigenvalue weighted by Gasteiger charge is 2.35. The molecule has 170 valence electrons. The zero-order valence-electron chi connectivity index (χ0n) is 19.6. The van der Waals surface area contributed by atoms with E-state index in [-0.39, 0.29) is 23.5 Å². The molecule has 1 amide bonds. The highest BCUT2D eigenvalue weighted by Crippen LogP contribution is 2.36. The van der Waals surface area contributed by atoms with Crippen LogP contribution in [-0.4, -0.2) is 46.8 Å². The molecule has 0 fully saturated rings. The number of nitrogens with one attached hydrogen (secondary N) is 1. The summed E-state index contributed by atoms with van der Waals surface area (Å²) in [5.41, 5.74) is 2.23. The molecule has 4 rings (SSSR count). The molecule has 1 atom stereocenters. The van der Waals surface area contributed by atoms with E-state index >= 15 is 0 Å². The summed E-state index contributed by atoms with van der Waals surface area (Å²) in [6.07, 6.45) is 1.16. The number of amides is 1. The van der Waals surface area contributed by atoms with Crippen LogP contribution in [0.4, 0.5) is 0 Å². The number of hydrogen-bond acceptors (Lipinski definition) is 5. The maximum Gasteiger partial charge on any atom is 0.223 e. The number of thiophene rings is 1. The smallest absolute Gasteiger partial charge is 0.223 e. The summed E-state index contributed by atoms with van der Waals surface area (Å²) < 4.78 is 3.45. The second-order valence-corrected chi connectivity index (χ2v) is 10.7. The lowest BCUT2D eigenvalue weighted by molar-refractivity contribution is -0.127. The van der Waals surface area contributed by atoms with E-state index in [0.29, 0.717) is 12.2 Å². The second-order valence-electron chi connectivity index (χ2n) is 9.78. The molecule has 32 heavy (non-hydrogen) atoms. The van der Waals surface area contributed by atoms with Crippen molar-refractivity contribution in [2.75, 3.05) is 20.6 Å². The van der Waals surface area contributed by atoms with Crippen molar-refractivity contribution < 1.29 is 9.59 Å². The fraction of sp³-hybridized carbons (Fsp3) is 0.480. The van der Waals surface area contributed by atoms with Gasteiger partial charge in [-0.15, -0.1) is 11.3 Å². The molecule has 2 aromatic heterocycles. The highest BCUT2D eigenvalue weighted by atomic mass is 32.1. The Bertz CT molecular complexity index is 1150. The molecule has 7 heteroatoms. The van der Waals surface area contributed by atoms with Crippen molar-refractivity contribution >= 4 is 33.1 Å². The van der Waals surface area contributed by atoms with Crippen LogP contribution in [0.25, 0.3) is 21.5 Å². The molecule has 1 aliphatic rings. The Balaban J connectivity index is 1.80. The van der Waals surface area contributed by atoms with Gasteiger partial charge >= 0.3 is 0 Å². The Morgan fingerprint density at radius 2 is 1.97 bits per heavy atom. The van der Waals surface area contributed by atoms with E-state index in [1.807, 2.05) is 32.9 Å². The maximum atomic E-state index is 13.6. The molecule has 0 saturated heterocycles. The van der Waals surface area contributed by atoms with Gasteiger partial charge in [0, 0.05) is 47.6 Å². The number of benzene rings is 1. The zero-order valence-corrected chi connectivity index (χ0v) is 20.4. The number of carbonyl (C=O) groups is 2. The molecule has 0 unspecified atom stereocenters. The van der Waals surface area contributed by atoms with Gasteiger partial charge in [-0.25, -0.2) is 4.98 Å². The first-order valence-corrected chi connectivity index (χ1v) is 12.1. The zero-order chi connectivity index (χ0) is 23.0. The minimum absolute atomic E-state index is 0.0571. The van der Waals surface area contributed by atoms with Crippen LogP contribution in [0, 0.1) is 11.3 Å². The average Bonchev–Trinajstić information content (AvgIpc) is 3.26. The van der Waals surface area contributed by atoms with Gasteiger partial charge in [0.25, 0.3) is 0 Å². The van der Waals surface area contributed by atoms with Crippen molar-refractivity contribution in [3.63, 3.8) is 0 Å². The van der Waals surface area contributed by atoms with Gasteiger partial charge in [-0.1, -0.05) is 39.0 Å². The molecule has 0 bridgehead atoms. The van der Waals surface area contributed by atoms with Crippen LogP contribution in [0.2, 0.25) is 0 Å². The van der Waals surface area contributed by atoms with Gasteiger partial charge in [-0.3, -0.25) is 9.59 Å². The van der Waals surface area contributed by atoms with Crippen LogP contribution in [0.5, 0.6) is 0 Å². The molecule has 0 saturated carbocycles. The Hall–Kier alpha value is -2.51. The Morgan fingerprint density at radius 1 is 1.22 bits per heavy atom. The quantitative estimate of drug-likeness (QED) is 0.576. The van der Waals surface area contributed by atoms with Crippen LogP contribution < -0.4 is 5.32 Å². The minimum Gasteiger partial charge on any atom is -0.359 e. The molecule has 0 spiro atoms. The van der Waals surface area contributed by atoms with Crippen molar-refractivity contribution in [2.24, 2.45) is 11.3 Å². The summed E-state index contributed by atoms with van der Waals surface area (Å²) in [4.78, 5) is 33.3. The molecule has 0 radical (unpaired) electrons. The van der Waals surface area contributed by atoms with E-state index < -0.39 is 5.92 Å². The fourth-order valence-electron chi connectivity index (χ4n) is 4.55.